The summed E-state index contributed by atoms with van der Waals surface area (Å²) in [6, 6.07) is 9.95. The van der Waals surface area contributed by atoms with Crippen LogP contribution < -0.4 is 0 Å². The van der Waals surface area contributed by atoms with Gasteiger partial charge in [-0.1, -0.05) is 30.3 Å². The molecule has 0 aliphatic heterocycles. The zero-order chi connectivity index (χ0) is 13.7. The monoisotopic (exact) mass is 254 g/mol. The van der Waals surface area contributed by atoms with Gasteiger partial charge in [0.25, 0.3) is 0 Å². The quantitative estimate of drug-likeness (QED) is 0.844. The Bertz CT molecular complexity index is 600. The molecule has 0 saturated carbocycles. The highest BCUT2D eigenvalue weighted by atomic mass is 16.5. The van der Waals surface area contributed by atoms with Crippen molar-refractivity contribution in [1.29, 1.82) is 0 Å². The zero-order valence-corrected chi connectivity index (χ0v) is 10.6. The average molecular weight is 254 g/mol. The number of benzene rings is 1. The Morgan fingerprint density at radius 1 is 1.26 bits per heavy atom. The third-order valence-electron chi connectivity index (χ3n) is 2.72. The van der Waals surface area contributed by atoms with Gasteiger partial charge in [0.1, 0.15) is 5.76 Å². The van der Waals surface area contributed by atoms with E-state index in [0.717, 1.165) is 6.42 Å². The lowest BCUT2D eigenvalue weighted by Crippen LogP contribution is -2.07. The van der Waals surface area contributed by atoms with E-state index in [9.17, 15) is 9.90 Å². The molecule has 3 nitrogen and oxygen atoms in total. The topological polar surface area (TPSA) is 46.5 Å². The minimum atomic E-state index is -0.453. The van der Waals surface area contributed by atoms with Crippen LogP contribution in [-0.4, -0.2) is 18.0 Å². The molecule has 0 bridgehead atoms. The number of ketones is 1. The maximum atomic E-state index is 11.3. The summed E-state index contributed by atoms with van der Waals surface area (Å²) < 4.78 is 5.09. The molecule has 0 heterocycles. The third-order valence-corrected chi connectivity index (χ3v) is 2.72. The second kappa shape index (κ2) is 5.89. The van der Waals surface area contributed by atoms with E-state index < -0.39 is 5.78 Å². The fourth-order valence-corrected chi connectivity index (χ4v) is 1.72. The van der Waals surface area contributed by atoms with E-state index in [4.69, 9.17) is 4.74 Å². The second-order valence-electron chi connectivity index (χ2n) is 4.06. The summed E-state index contributed by atoms with van der Waals surface area (Å²) >= 11 is 0. The predicted molar refractivity (Wildman–Crippen MR) is 72.6 cm³/mol. The lowest BCUT2D eigenvalue weighted by molar-refractivity contribution is -0.113. The van der Waals surface area contributed by atoms with Crippen LogP contribution >= 0.6 is 0 Å². The lowest BCUT2D eigenvalue weighted by atomic mass is 10.1. The average Bonchev–Trinajstić information content (AvgIpc) is 2.43. The Kier molecular flexibility index (Phi) is 4.01. The van der Waals surface area contributed by atoms with Gasteiger partial charge in [-0.05, 0) is 18.1 Å². The van der Waals surface area contributed by atoms with Crippen molar-refractivity contribution in [2.75, 3.05) is 7.11 Å². The van der Waals surface area contributed by atoms with E-state index in [-0.39, 0.29) is 5.76 Å². The molecule has 2 rings (SSSR count). The summed E-state index contributed by atoms with van der Waals surface area (Å²) in [6.07, 6.45) is 5.19. The van der Waals surface area contributed by atoms with Gasteiger partial charge < -0.3 is 9.84 Å². The Morgan fingerprint density at radius 2 is 2.00 bits per heavy atom. The molecule has 1 N–H and O–H groups in total. The molecule has 0 fully saturated rings. The van der Waals surface area contributed by atoms with Crippen LogP contribution in [0.15, 0.2) is 71.4 Å². The normalized spacial score (nSPS) is 14.4. The molecule has 19 heavy (non-hydrogen) atoms. The molecule has 1 aromatic rings. The van der Waals surface area contributed by atoms with Crippen LogP contribution in [0.2, 0.25) is 0 Å². The van der Waals surface area contributed by atoms with Crippen molar-refractivity contribution in [3.63, 3.8) is 0 Å². The number of allylic oxidation sites excluding steroid dienone is 2. The highest BCUT2D eigenvalue weighted by molar-refractivity contribution is 6.04. The summed E-state index contributed by atoms with van der Waals surface area (Å²) in [4.78, 5) is 11.3. The summed E-state index contributed by atoms with van der Waals surface area (Å²) in [5.74, 6) is -0.339. The van der Waals surface area contributed by atoms with Crippen molar-refractivity contribution in [3.8, 4) is 0 Å². The van der Waals surface area contributed by atoms with Gasteiger partial charge in [-0.2, -0.15) is 0 Å². The van der Waals surface area contributed by atoms with Gasteiger partial charge in [-0.15, -0.1) is 5.73 Å². The van der Waals surface area contributed by atoms with E-state index >= 15 is 0 Å². The fourth-order valence-electron chi connectivity index (χ4n) is 1.72. The fraction of sp³-hybridized carbons (Fsp3) is 0.125. The first-order chi connectivity index (χ1) is 9.20. The third kappa shape index (κ3) is 3.24. The van der Waals surface area contributed by atoms with Gasteiger partial charge in [-0.25, -0.2) is 0 Å². The number of carbonyl (C=O) groups excluding carboxylic acids is 1. The second-order valence-corrected chi connectivity index (χ2v) is 4.06. The molecular formula is C16H14O3. The van der Waals surface area contributed by atoms with Crippen molar-refractivity contribution in [2.24, 2.45) is 0 Å². The molecule has 96 valence electrons. The van der Waals surface area contributed by atoms with Crippen molar-refractivity contribution < 1.29 is 14.6 Å². The number of aliphatic hydroxyl groups is 1. The largest absolute Gasteiger partial charge is 0.504 e. The number of rotatable bonds is 3. The van der Waals surface area contributed by atoms with Crippen molar-refractivity contribution in [2.45, 2.75) is 6.42 Å². The van der Waals surface area contributed by atoms with Gasteiger partial charge in [0, 0.05) is 12.2 Å². The number of hydrogen-bond acceptors (Lipinski definition) is 3. The number of aliphatic hydroxyl groups excluding tert-OH is 1. The summed E-state index contributed by atoms with van der Waals surface area (Å²) in [6.45, 7) is 0. The van der Waals surface area contributed by atoms with Crippen LogP contribution in [-0.2, 0) is 16.0 Å². The van der Waals surface area contributed by atoms with Gasteiger partial charge in [0.2, 0.25) is 5.78 Å². The highest BCUT2D eigenvalue weighted by Gasteiger charge is 2.16. The summed E-state index contributed by atoms with van der Waals surface area (Å²) in [7, 11) is 1.48. The molecule has 3 heteroatoms. The highest BCUT2D eigenvalue weighted by Crippen LogP contribution is 2.19. The minimum Gasteiger partial charge on any atom is -0.504 e. The molecular weight excluding hydrogens is 240 g/mol. The van der Waals surface area contributed by atoms with Crippen LogP contribution in [0, 0.1) is 0 Å². The van der Waals surface area contributed by atoms with Crippen molar-refractivity contribution in [1.82, 2.24) is 0 Å². The van der Waals surface area contributed by atoms with E-state index in [1.165, 1.54) is 24.8 Å². The Balaban J connectivity index is 2.22. The minimum absolute atomic E-state index is 0.295. The van der Waals surface area contributed by atoms with Gasteiger partial charge >= 0.3 is 0 Å². The van der Waals surface area contributed by atoms with Crippen molar-refractivity contribution in [3.05, 3.63) is 76.9 Å². The first-order valence-electron chi connectivity index (χ1n) is 5.91. The molecule has 1 aromatic carbocycles. The number of methoxy groups -OCH3 is 1. The van der Waals surface area contributed by atoms with E-state index in [1.54, 1.807) is 0 Å². The number of carbonyl (C=O) groups is 1. The first kappa shape index (κ1) is 12.9. The summed E-state index contributed by atoms with van der Waals surface area (Å²) in [5, 5.41) is 9.41. The molecule has 1 aliphatic carbocycles. The molecule has 0 unspecified atom stereocenters. The smallest absolute Gasteiger partial charge is 0.223 e. The molecule has 0 aromatic heterocycles. The molecule has 0 atom stereocenters. The van der Waals surface area contributed by atoms with Crippen LogP contribution in [0.5, 0.6) is 0 Å². The van der Waals surface area contributed by atoms with E-state index in [1.807, 2.05) is 36.4 Å². The Morgan fingerprint density at radius 3 is 2.68 bits per heavy atom. The maximum Gasteiger partial charge on any atom is 0.223 e. The number of hydrogen-bond donors (Lipinski definition) is 1. The molecule has 0 amide bonds. The van der Waals surface area contributed by atoms with Gasteiger partial charge in [0.05, 0.1) is 12.7 Å². The SMILES string of the molecule is COC1=CC(=O)C(O)=CC1=C=CCc1ccccc1. The zero-order valence-electron chi connectivity index (χ0n) is 10.6. The van der Waals surface area contributed by atoms with Gasteiger partial charge in [0.15, 0.2) is 5.76 Å². The maximum absolute atomic E-state index is 11.3. The van der Waals surface area contributed by atoms with Crippen LogP contribution in [0.3, 0.4) is 0 Å². The number of ether oxygens (including phenoxy) is 1. The molecule has 1 aliphatic rings. The molecule has 0 spiro atoms. The first-order valence-corrected chi connectivity index (χ1v) is 5.91. The van der Waals surface area contributed by atoms with Crippen LogP contribution in [0.4, 0.5) is 0 Å². The van der Waals surface area contributed by atoms with E-state index in [2.05, 4.69) is 5.73 Å². The standard InChI is InChI=1S/C16H14O3/c1-19-16-11-15(18)14(17)10-13(16)9-5-8-12-6-3-2-4-7-12/h2-7,10-11,17H,8H2,1H3. The summed E-state index contributed by atoms with van der Waals surface area (Å²) in [5.41, 5.74) is 4.76. The molecule has 0 radical (unpaired) electrons. The van der Waals surface area contributed by atoms with Gasteiger partial charge in [-0.3, -0.25) is 4.79 Å². The lowest BCUT2D eigenvalue weighted by Gasteiger charge is -2.09. The Labute approximate surface area is 111 Å². The van der Waals surface area contributed by atoms with E-state index in [0.29, 0.717) is 11.3 Å². The Hall–Kier alpha value is -2.51. The van der Waals surface area contributed by atoms with Crippen LogP contribution in [0.25, 0.3) is 0 Å². The van der Waals surface area contributed by atoms with Crippen LogP contribution in [0.1, 0.15) is 5.56 Å². The predicted octanol–water partition coefficient (Wildman–Crippen LogP) is 2.87. The van der Waals surface area contributed by atoms with Crippen molar-refractivity contribution >= 4 is 5.78 Å². The molecule has 0 saturated heterocycles.